The minimum Gasteiger partial charge on any atom is -0.497 e. The molecular weight excluding hydrogens is 504 g/mol. The molecule has 2 N–H and O–H groups in total. The van der Waals surface area contributed by atoms with E-state index in [1.807, 2.05) is 97.1 Å². The molecule has 0 fully saturated rings. The van der Waals surface area contributed by atoms with Crippen LogP contribution >= 0.6 is 0 Å². The van der Waals surface area contributed by atoms with Crippen molar-refractivity contribution in [2.24, 2.45) is 0 Å². The quantitative estimate of drug-likeness (QED) is 0.213. The van der Waals surface area contributed by atoms with Gasteiger partial charge in [0.1, 0.15) is 11.5 Å². The van der Waals surface area contributed by atoms with Crippen LogP contribution in [0.5, 0.6) is 11.5 Å². The molecule has 0 aliphatic carbocycles. The lowest BCUT2D eigenvalue weighted by Crippen LogP contribution is -2.09. The molecule has 0 aromatic heterocycles. The Hall–Kier alpha value is -5.36. The summed E-state index contributed by atoms with van der Waals surface area (Å²) >= 11 is 0. The maximum Gasteiger partial charge on any atom is 0.336 e. The van der Waals surface area contributed by atoms with Crippen molar-refractivity contribution in [2.75, 3.05) is 14.2 Å². The summed E-state index contributed by atoms with van der Waals surface area (Å²) in [5.41, 5.74) is 6.25. The van der Waals surface area contributed by atoms with E-state index in [0.29, 0.717) is 11.1 Å². The number of hydrogen-bond acceptors (Lipinski definition) is 4. The molecule has 0 bridgehead atoms. The van der Waals surface area contributed by atoms with E-state index in [4.69, 9.17) is 9.47 Å². The number of carboxylic acid groups (broad SMARTS) is 2. The van der Waals surface area contributed by atoms with Crippen molar-refractivity contribution in [2.45, 2.75) is 0 Å². The third kappa shape index (κ3) is 5.28. The zero-order valence-electron chi connectivity index (χ0n) is 21.9. The highest BCUT2D eigenvalue weighted by Crippen LogP contribution is 2.37. The van der Waals surface area contributed by atoms with Gasteiger partial charge in [0, 0.05) is 0 Å². The molecule has 6 heteroatoms. The Labute approximate surface area is 231 Å². The molecule has 6 nitrogen and oxygen atoms in total. The summed E-state index contributed by atoms with van der Waals surface area (Å²) in [6.45, 7) is 0. The van der Waals surface area contributed by atoms with E-state index in [1.165, 1.54) is 12.1 Å². The summed E-state index contributed by atoms with van der Waals surface area (Å²) in [5.74, 6) is -1.06. The van der Waals surface area contributed by atoms with Crippen molar-refractivity contribution < 1.29 is 29.3 Å². The minimum absolute atomic E-state index is 0.264. The van der Waals surface area contributed by atoms with E-state index in [0.717, 1.165) is 44.9 Å². The lowest BCUT2D eigenvalue weighted by Gasteiger charge is -2.15. The fraction of sp³-hybridized carbons (Fsp3) is 0.0588. The first-order chi connectivity index (χ1) is 19.4. The van der Waals surface area contributed by atoms with E-state index in [-0.39, 0.29) is 11.1 Å². The van der Waals surface area contributed by atoms with Crippen LogP contribution in [0.2, 0.25) is 0 Å². The van der Waals surface area contributed by atoms with Gasteiger partial charge in [-0.3, -0.25) is 0 Å². The van der Waals surface area contributed by atoms with E-state index < -0.39 is 11.9 Å². The van der Waals surface area contributed by atoms with Gasteiger partial charge in [-0.2, -0.15) is 0 Å². The van der Waals surface area contributed by atoms with Crippen LogP contribution in [0.4, 0.5) is 0 Å². The Kier molecular flexibility index (Phi) is 7.33. The van der Waals surface area contributed by atoms with Gasteiger partial charge < -0.3 is 19.7 Å². The Bertz CT molecular complexity index is 1540. The van der Waals surface area contributed by atoms with Gasteiger partial charge in [0.15, 0.2) is 0 Å². The van der Waals surface area contributed by atoms with E-state index in [1.54, 1.807) is 14.2 Å². The summed E-state index contributed by atoms with van der Waals surface area (Å²) in [4.78, 5) is 24.0. The van der Waals surface area contributed by atoms with Crippen molar-refractivity contribution in [1.82, 2.24) is 0 Å². The van der Waals surface area contributed by atoms with Gasteiger partial charge in [0.2, 0.25) is 0 Å². The number of aromatic carboxylic acids is 2. The number of carbonyl (C=O) groups is 2. The topological polar surface area (TPSA) is 93.1 Å². The first kappa shape index (κ1) is 26.3. The van der Waals surface area contributed by atoms with Gasteiger partial charge in [-0.05, 0) is 80.9 Å². The van der Waals surface area contributed by atoms with Gasteiger partial charge in [0.25, 0.3) is 0 Å². The molecule has 0 amide bonds. The SMILES string of the molecule is COc1ccc(-c2ccc(-c3cc(C(=O)O)c(C(=O)O)cc3-c3ccc(-c4ccc(OC)cc4)cc3)cc2)cc1. The van der Waals surface area contributed by atoms with Gasteiger partial charge in [0.05, 0.1) is 25.3 Å². The van der Waals surface area contributed by atoms with Gasteiger partial charge >= 0.3 is 11.9 Å². The summed E-state index contributed by atoms with van der Waals surface area (Å²) < 4.78 is 10.5. The highest BCUT2D eigenvalue weighted by molar-refractivity contribution is 6.05. The number of rotatable bonds is 8. The Morgan fingerprint density at radius 2 is 0.700 bits per heavy atom. The fourth-order valence-corrected chi connectivity index (χ4v) is 4.68. The van der Waals surface area contributed by atoms with Crippen molar-refractivity contribution in [1.29, 1.82) is 0 Å². The summed E-state index contributed by atoms with van der Waals surface area (Å²) in [7, 11) is 3.24. The zero-order chi connectivity index (χ0) is 28.2. The molecule has 5 rings (SSSR count). The number of methoxy groups -OCH3 is 2. The normalized spacial score (nSPS) is 10.7. The molecule has 40 heavy (non-hydrogen) atoms. The molecule has 198 valence electrons. The lowest BCUT2D eigenvalue weighted by molar-refractivity contribution is 0.0651. The second-order valence-electron chi connectivity index (χ2n) is 9.17. The van der Waals surface area contributed by atoms with Crippen LogP contribution in [-0.2, 0) is 0 Å². The molecule has 0 unspecified atom stereocenters. The molecule has 0 radical (unpaired) electrons. The number of benzene rings is 5. The Morgan fingerprint density at radius 3 is 0.950 bits per heavy atom. The van der Waals surface area contributed by atoms with Crippen molar-refractivity contribution in [3.63, 3.8) is 0 Å². The zero-order valence-corrected chi connectivity index (χ0v) is 21.9. The fourth-order valence-electron chi connectivity index (χ4n) is 4.68. The average molecular weight is 531 g/mol. The molecule has 0 aliphatic rings. The molecule has 0 spiro atoms. The summed E-state index contributed by atoms with van der Waals surface area (Å²) in [6.07, 6.45) is 0. The molecule has 5 aromatic carbocycles. The van der Waals surface area contributed by atoms with Gasteiger partial charge in [-0.25, -0.2) is 9.59 Å². The molecule has 0 saturated heterocycles. The van der Waals surface area contributed by atoms with Crippen molar-refractivity contribution in [3.05, 3.63) is 120 Å². The van der Waals surface area contributed by atoms with Crippen LogP contribution in [0.15, 0.2) is 109 Å². The summed E-state index contributed by atoms with van der Waals surface area (Å²) in [6, 6.07) is 33.8. The highest BCUT2D eigenvalue weighted by Gasteiger charge is 2.21. The third-order valence-electron chi connectivity index (χ3n) is 6.86. The first-order valence-corrected chi connectivity index (χ1v) is 12.5. The van der Waals surface area contributed by atoms with Crippen molar-refractivity contribution >= 4 is 11.9 Å². The number of ether oxygens (including phenoxy) is 2. The second-order valence-corrected chi connectivity index (χ2v) is 9.17. The van der Waals surface area contributed by atoms with Crippen LogP contribution in [-0.4, -0.2) is 36.4 Å². The largest absolute Gasteiger partial charge is 0.497 e. The van der Waals surface area contributed by atoms with Gasteiger partial charge in [-0.15, -0.1) is 0 Å². The first-order valence-electron chi connectivity index (χ1n) is 12.5. The smallest absolute Gasteiger partial charge is 0.336 e. The minimum atomic E-state index is -1.30. The van der Waals surface area contributed by atoms with Crippen LogP contribution < -0.4 is 9.47 Å². The van der Waals surface area contributed by atoms with Crippen LogP contribution in [0, 0.1) is 0 Å². The summed E-state index contributed by atoms with van der Waals surface area (Å²) in [5, 5.41) is 19.6. The Balaban J connectivity index is 1.58. The van der Waals surface area contributed by atoms with Gasteiger partial charge in [-0.1, -0.05) is 72.8 Å². The standard InChI is InChI=1S/C34H26O6/c1-39-27-15-11-23(12-16-27)21-3-7-25(8-4-21)29-19-31(33(35)36)32(34(37)38)20-30(29)26-9-5-22(6-10-26)24-13-17-28(40-2)18-14-24/h3-20H,1-2H3,(H,35,36)(H,37,38). The van der Waals surface area contributed by atoms with Crippen molar-refractivity contribution in [3.8, 4) is 56.0 Å². The predicted molar refractivity (Wildman–Crippen MR) is 155 cm³/mol. The second kappa shape index (κ2) is 11.2. The lowest BCUT2D eigenvalue weighted by atomic mass is 9.88. The van der Waals surface area contributed by atoms with E-state index >= 15 is 0 Å². The predicted octanol–water partition coefficient (Wildman–Crippen LogP) is 7.77. The molecule has 0 atom stereocenters. The van der Waals surface area contributed by atoms with Crippen LogP contribution in [0.25, 0.3) is 44.5 Å². The number of hydrogen-bond donors (Lipinski definition) is 2. The highest BCUT2D eigenvalue weighted by atomic mass is 16.5. The molecule has 5 aromatic rings. The molecule has 0 heterocycles. The maximum absolute atomic E-state index is 12.0. The molecule has 0 saturated carbocycles. The molecule has 0 aliphatic heterocycles. The van der Waals surface area contributed by atoms with E-state index in [2.05, 4.69) is 0 Å². The third-order valence-corrected chi connectivity index (χ3v) is 6.86. The average Bonchev–Trinajstić information content (AvgIpc) is 3.00. The van der Waals surface area contributed by atoms with Crippen LogP contribution in [0.1, 0.15) is 20.7 Å². The number of carboxylic acids is 2. The maximum atomic E-state index is 12.0. The Morgan fingerprint density at radius 1 is 0.450 bits per heavy atom. The monoisotopic (exact) mass is 530 g/mol. The van der Waals surface area contributed by atoms with Crippen LogP contribution in [0.3, 0.4) is 0 Å². The van der Waals surface area contributed by atoms with E-state index in [9.17, 15) is 19.8 Å². The molecular formula is C34H26O6.